The van der Waals surface area contributed by atoms with Gasteiger partial charge >= 0.3 is 0 Å². The van der Waals surface area contributed by atoms with E-state index in [2.05, 4.69) is 34.6 Å². The number of nitrogens with one attached hydrogen (secondary N) is 2. The Balaban J connectivity index is 1.65. The van der Waals surface area contributed by atoms with E-state index in [-0.39, 0.29) is 11.8 Å². The van der Waals surface area contributed by atoms with E-state index in [1.54, 1.807) is 7.11 Å². The fourth-order valence-electron chi connectivity index (χ4n) is 3.71. The second kappa shape index (κ2) is 8.23. The summed E-state index contributed by atoms with van der Waals surface area (Å²) in [5.74, 6) is 0.771. The Bertz CT molecular complexity index is 1130. The molecule has 0 saturated heterocycles. The van der Waals surface area contributed by atoms with Gasteiger partial charge < -0.3 is 15.0 Å². The first-order chi connectivity index (χ1) is 14.2. The van der Waals surface area contributed by atoms with Gasteiger partial charge in [0.1, 0.15) is 5.75 Å². The Morgan fingerprint density at radius 3 is 2.59 bits per heavy atom. The molecule has 4 rings (SSSR count). The quantitative estimate of drug-likeness (QED) is 0.489. The lowest BCUT2D eigenvalue weighted by atomic mass is 9.90. The van der Waals surface area contributed by atoms with E-state index in [9.17, 15) is 4.79 Å². The molecule has 4 nitrogen and oxygen atoms in total. The normalized spacial score (nSPS) is 11.9. The van der Waals surface area contributed by atoms with E-state index >= 15 is 0 Å². The maximum atomic E-state index is 12.7. The van der Waals surface area contributed by atoms with Gasteiger partial charge in [-0.3, -0.25) is 4.79 Å². The Labute approximate surface area is 170 Å². The van der Waals surface area contributed by atoms with Crippen molar-refractivity contribution in [3.63, 3.8) is 0 Å². The number of H-pyrrole nitrogens is 1. The largest absolute Gasteiger partial charge is 0.497 e. The third-order valence-corrected chi connectivity index (χ3v) is 5.26. The molecule has 0 saturated carbocycles. The highest BCUT2D eigenvalue weighted by atomic mass is 16.5. The first-order valence-electron chi connectivity index (χ1n) is 9.70. The molecule has 0 fully saturated rings. The number of carbonyl (C=O) groups is 1. The Morgan fingerprint density at radius 2 is 1.83 bits per heavy atom. The maximum Gasteiger partial charge on any atom is 0.251 e. The number of benzene rings is 3. The molecular formula is C25H24N2O2. The van der Waals surface area contributed by atoms with Crippen molar-refractivity contribution in [1.29, 1.82) is 0 Å². The first-order valence-corrected chi connectivity index (χ1v) is 9.70. The van der Waals surface area contributed by atoms with Crippen molar-refractivity contribution >= 4 is 16.8 Å². The van der Waals surface area contributed by atoms with Crippen molar-refractivity contribution in [1.82, 2.24) is 10.3 Å². The van der Waals surface area contributed by atoms with Gasteiger partial charge in [-0.25, -0.2) is 0 Å². The lowest BCUT2D eigenvalue weighted by molar-refractivity contribution is 0.0952. The first kappa shape index (κ1) is 18.8. The van der Waals surface area contributed by atoms with E-state index in [0.29, 0.717) is 12.1 Å². The molecule has 146 valence electrons. The van der Waals surface area contributed by atoms with E-state index in [1.165, 1.54) is 0 Å². The summed E-state index contributed by atoms with van der Waals surface area (Å²) in [5.41, 5.74) is 5.12. The summed E-state index contributed by atoms with van der Waals surface area (Å²) in [6, 6.07) is 23.9. The summed E-state index contributed by atoms with van der Waals surface area (Å²) in [6.07, 6.45) is 2.04. The number of para-hydroxylation sites is 1. The number of ether oxygens (including phenoxy) is 1. The molecule has 0 aliphatic heterocycles. The van der Waals surface area contributed by atoms with Crippen molar-refractivity contribution in [3.8, 4) is 5.75 Å². The summed E-state index contributed by atoms with van der Waals surface area (Å²) in [4.78, 5) is 16.1. The number of amides is 1. The Kier molecular flexibility index (Phi) is 5.34. The van der Waals surface area contributed by atoms with Crippen LogP contribution in [0.15, 0.2) is 79.0 Å². The summed E-state index contributed by atoms with van der Waals surface area (Å²) >= 11 is 0. The zero-order chi connectivity index (χ0) is 20.2. The molecule has 0 aliphatic carbocycles. The van der Waals surface area contributed by atoms with Crippen molar-refractivity contribution in [2.75, 3.05) is 13.7 Å². The van der Waals surface area contributed by atoms with Crippen LogP contribution in [-0.2, 0) is 0 Å². The fourth-order valence-corrected chi connectivity index (χ4v) is 3.71. The third-order valence-electron chi connectivity index (χ3n) is 5.26. The van der Waals surface area contributed by atoms with Crippen LogP contribution in [0.3, 0.4) is 0 Å². The van der Waals surface area contributed by atoms with Crippen LogP contribution in [-0.4, -0.2) is 24.5 Å². The molecule has 29 heavy (non-hydrogen) atoms. The molecule has 0 radical (unpaired) electrons. The van der Waals surface area contributed by atoms with Gasteiger partial charge in [-0.05, 0) is 48.4 Å². The SMILES string of the molecule is COc1ccc(C(CNC(=O)c2cccc(C)c2)c2c[nH]c3ccccc23)cc1. The third kappa shape index (κ3) is 4.02. The maximum absolute atomic E-state index is 12.7. The van der Waals surface area contributed by atoms with Crippen LogP contribution in [0.2, 0.25) is 0 Å². The molecule has 0 aliphatic rings. The molecule has 1 heterocycles. The zero-order valence-electron chi connectivity index (χ0n) is 16.6. The predicted octanol–water partition coefficient (Wildman–Crippen LogP) is 5.05. The minimum atomic E-state index is -0.0629. The smallest absolute Gasteiger partial charge is 0.251 e. The van der Waals surface area contributed by atoms with Gasteiger partial charge in [-0.15, -0.1) is 0 Å². The minimum absolute atomic E-state index is 0.0193. The summed E-state index contributed by atoms with van der Waals surface area (Å²) in [5, 5.41) is 4.29. The van der Waals surface area contributed by atoms with Gasteiger partial charge in [-0.2, -0.15) is 0 Å². The highest BCUT2D eigenvalue weighted by Gasteiger charge is 2.19. The fraction of sp³-hybridized carbons (Fsp3) is 0.160. The highest BCUT2D eigenvalue weighted by molar-refractivity contribution is 5.94. The van der Waals surface area contributed by atoms with Crippen molar-refractivity contribution in [2.45, 2.75) is 12.8 Å². The second-order valence-corrected chi connectivity index (χ2v) is 7.19. The molecular weight excluding hydrogens is 360 g/mol. The van der Waals surface area contributed by atoms with E-state index in [1.807, 2.05) is 61.7 Å². The lowest BCUT2D eigenvalue weighted by Crippen LogP contribution is -2.29. The molecule has 4 heteroatoms. The number of hydrogen-bond acceptors (Lipinski definition) is 2. The number of rotatable bonds is 6. The number of carbonyl (C=O) groups excluding carboxylic acids is 1. The zero-order valence-corrected chi connectivity index (χ0v) is 16.6. The van der Waals surface area contributed by atoms with Gasteiger partial charge in [0.05, 0.1) is 7.11 Å². The van der Waals surface area contributed by atoms with Crippen molar-refractivity contribution in [2.24, 2.45) is 0 Å². The molecule has 1 unspecified atom stereocenters. The average Bonchev–Trinajstić information content (AvgIpc) is 3.18. The number of aromatic amines is 1. The Morgan fingerprint density at radius 1 is 1.03 bits per heavy atom. The molecule has 0 bridgehead atoms. The molecule has 3 aromatic carbocycles. The summed E-state index contributed by atoms with van der Waals surface area (Å²) in [7, 11) is 1.66. The van der Waals surface area contributed by atoms with Crippen LogP contribution >= 0.6 is 0 Å². The molecule has 0 spiro atoms. The standard InChI is InChI=1S/C25H24N2O2/c1-17-6-5-7-19(14-17)25(28)27-15-22(18-10-12-20(29-2)13-11-18)23-16-26-24-9-4-3-8-21(23)24/h3-14,16,22,26H,15H2,1-2H3,(H,27,28). The molecule has 1 amide bonds. The van der Waals surface area contributed by atoms with Crippen LogP contribution < -0.4 is 10.1 Å². The lowest BCUT2D eigenvalue weighted by Gasteiger charge is -2.19. The van der Waals surface area contributed by atoms with Crippen LogP contribution in [0.5, 0.6) is 5.75 Å². The minimum Gasteiger partial charge on any atom is -0.497 e. The van der Waals surface area contributed by atoms with Crippen LogP contribution in [0, 0.1) is 6.92 Å². The van der Waals surface area contributed by atoms with E-state index in [0.717, 1.165) is 33.3 Å². The van der Waals surface area contributed by atoms with Gasteiger partial charge in [0.15, 0.2) is 0 Å². The molecule has 1 atom stereocenters. The van der Waals surface area contributed by atoms with Crippen molar-refractivity contribution < 1.29 is 9.53 Å². The Hall–Kier alpha value is -3.53. The van der Waals surface area contributed by atoms with E-state index < -0.39 is 0 Å². The topological polar surface area (TPSA) is 54.1 Å². The van der Waals surface area contributed by atoms with Gasteiger partial charge in [0.25, 0.3) is 5.91 Å². The number of fused-ring (bicyclic) bond motifs is 1. The number of hydrogen-bond donors (Lipinski definition) is 2. The number of methoxy groups -OCH3 is 1. The molecule has 4 aromatic rings. The second-order valence-electron chi connectivity index (χ2n) is 7.19. The summed E-state index contributed by atoms with van der Waals surface area (Å²) < 4.78 is 5.30. The van der Waals surface area contributed by atoms with Gasteiger partial charge in [0, 0.05) is 35.1 Å². The van der Waals surface area contributed by atoms with Crippen molar-refractivity contribution in [3.05, 3.63) is 101 Å². The van der Waals surface area contributed by atoms with E-state index in [4.69, 9.17) is 4.74 Å². The summed E-state index contributed by atoms with van der Waals surface area (Å²) in [6.45, 7) is 2.49. The van der Waals surface area contributed by atoms with Gasteiger partial charge in [-0.1, -0.05) is 48.0 Å². The van der Waals surface area contributed by atoms with Crippen LogP contribution in [0.4, 0.5) is 0 Å². The predicted molar refractivity (Wildman–Crippen MR) is 117 cm³/mol. The van der Waals surface area contributed by atoms with Crippen LogP contribution in [0.1, 0.15) is 33.0 Å². The van der Waals surface area contributed by atoms with Crippen LogP contribution in [0.25, 0.3) is 10.9 Å². The molecule has 1 aromatic heterocycles. The highest BCUT2D eigenvalue weighted by Crippen LogP contribution is 2.31. The molecule has 2 N–H and O–H groups in total. The van der Waals surface area contributed by atoms with Gasteiger partial charge in [0.2, 0.25) is 0 Å². The number of aryl methyl sites for hydroxylation is 1. The average molecular weight is 384 g/mol. The number of aromatic nitrogens is 1. The monoisotopic (exact) mass is 384 g/mol.